The Morgan fingerprint density at radius 3 is 2.50 bits per heavy atom. The molecule has 0 radical (unpaired) electrons. The van der Waals surface area contributed by atoms with Crippen LogP contribution in [0.3, 0.4) is 0 Å². The second kappa shape index (κ2) is 4.15. The number of hydrogen-bond donors (Lipinski definition) is 1. The van der Waals surface area contributed by atoms with Crippen LogP contribution in [0.5, 0.6) is 0 Å². The average Bonchev–Trinajstić information content (AvgIpc) is 2.66. The molecule has 0 fully saturated rings. The maximum absolute atomic E-state index is 11.1. The molecule has 6 heteroatoms. The number of benzene rings is 1. The van der Waals surface area contributed by atoms with Crippen molar-refractivity contribution in [3.8, 4) is 0 Å². The van der Waals surface area contributed by atoms with Gasteiger partial charge in [0.2, 0.25) is 0 Å². The number of carbonyl (C=O) groups is 1. The molecular formula is C12H16N3O3+. The van der Waals surface area contributed by atoms with Crippen LogP contribution in [0.2, 0.25) is 0 Å². The maximum Gasteiger partial charge on any atom is 0.269 e. The molecule has 2 rings (SSSR count). The fourth-order valence-electron chi connectivity index (χ4n) is 2.30. The zero-order chi connectivity index (χ0) is 13.5. The molecule has 2 atom stereocenters. The van der Waals surface area contributed by atoms with Gasteiger partial charge in [0.05, 0.1) is 32.1 Å². The zero-order valence-corrected chi connectivity index (χ0v) is 10.6. The van der Waals surface area contributed by atoms with Gasteiger partial charge in [0.15, 0.2) is 6.17 Å². The molecule has 0 spiro atoms. The van der Waals surface area contributed by atoms with E-state index < -0.39 is 11.0 Å². The van der Waals surface area contributed by atoms with Crippen LogP contribution in [0.4, 0.5) is 5.69 Å². The Bertz CT molecular complexity index is 508. The van der Waals surface area contributed by atoms with Crippen molar-refractivity contribution >= 4 is 12.0 Å². The van der Waals surface area contributed by atoms with Crippen molar-refractivity contribution in [1.82, 2.24) is 5.32 Å². The lowest BCUT2D eigenvalue weighted by atomic mass is 10.0. The number of nitrogens with one attached hydrogen (secondary N) is 1. The highest BCUT2D eigenvalue weighted by atomic mass is 16.6. The molecule has 0 amide bonds. The third-order valence-corrected chi connectivity index (χ3v) is 3.16. The van der Waals surface area contributed by atoms with Gasteiger partial charge in [-0.1, -0.05) is 0 Å². The minimum absolute atomic E-state index is 0.0180. The first-order valence-electron chi connectivity index (χ1n) is 5.65. The Kier molecular flexibility index (Phi) is 2.92. The highest BCUT2D eigenvalue weighted by Crippen LogP contribution is 2.37. The van der Waals surface area contributed by atoms with Crippen LogP contribution in [0, 0.1) is 10.1 Å². The molecule has 1 aliphatic heterocycles. The van der Waals surface area contributed by atoms with Gasteiger partial charge in [-0.3, -0.25) is 10.1 Å². The van der Waals surface area contributed by atoms with Crippen molar-refractivity contribution in [1.29, 1.82) is 0 Å². The predicted molar refractivity (Wildman–Crippen MR) is 65.8 cm³/mol. The smallest absolute Gasteiger partial charge is 0.269 e. The number of non-ortho nitro benzene ring substituents is 1. The van der Waals surface area contributed by atoms with Gasteiger partial charge in [0.25, 0.3) is 5.69 Å². The predicted octanol–water partition coefficient (Wildman–Crippen LogP) is 1.14. The molecule has 0 saturated carbocycles. The summed E-state index contributed by atoms with van der Waals surface area (Å²) in [5.74, 6) is 0. The van der Waals surface area contributed by atoms with Crippen molar-refractivity contribution in [3.63, 3.8) is 0 Å². The minimum atomic E-state index is -0.470. The molecule has 1 aromatic rings. The quantitative estimate of drug-likeness (QED) is 0.378. The van der Waals surface area contributed by atoms with Gasteiger partial charge in [-0.15, -0.1) is 0 Å². The number of aldehydes is 1. The lowest BCUT2D eigenvalue weighted by Crippen LogP contribution is -2.44. The summed E-state index contributed by atoms with van der Waals surface area (Å²) >= 11 is 0. The van der Waals surface area contributed by atoms with Gasteiger partial charge in [0, 0.05) is 17.7 Å². The molecule has 1 aromatic carbocycles. The van der Waals surface area contributed by atoms with E-state index in [0.717, 1.165) is 11.8 Å². The summed E-state index contributed by atoms with van der Waals surface area (Å²) in [5.41, 5.74) is 1.67. The van der Waals surface area contributed by atoms with Crippen molar-refractivity contribution in [2.24, 2.45) is 0 Å². The van der Waals surface area contributed by atoms with Gasteiger partial charge in [-0.05, 0) is 11.6 Å². The summed E-state index contributed by atoms with van der Waals surface area (Å²) in [6, 6.07) is 4.23. The van der Waals surface area contributed by atoms with Crippen LogP contribution in [0.1, 0.15) is 23.3 Å². The monoisotopic (exact) mass is 250 g/mol. The Morgan fingerprint density at radius 2 is 2.00 bits per heavy atom. The van der Waals surface area contributed by atoms with E-state index in [9.17, 15) is 14.9 Å². The largest absolute Gasteiger partial charge is 0.312 e. The lowest BCUT2D eigenvalue weighted by Gasteiger charge is -2.32. The molecule has 0 aromatic heterocycles. The normalized spacial score (nSPS) is 22.6. The standard InChI is InChI=1S/C12H16N3O3/c1-15(2,3)12-9-5-4-8(14(17)18)6-10(9)11(7-16)13-12/h4-7,11-13H,1-3H3/q+1. The fraction of sp³-hybridized carbons (Fsp3) is 0.417. The van der Waals surface area contributed by atoms with Crippen LogP contribution in [-0.4, -0.2) is 36.8 Å². The molecule has 6 nitrogen and oxygen atoms in total. The summed E-state index contributed by atoms with van der Waals surface area (Å²) in [5, 5.41) is 14.0. The van der Waals surface area contributed by atoms with Gasteiger partial charge in [0.1, 0.15) is 6.29 Å². The van der Waals surface area contributed by atoms with Crippen molar-refractivity contribution in [2.75, 3.05) is 21.1 Å². The van der Waals surface area contributed by atoms with Gasteiger partial charge in [-0.25, -0.2) is 5.32 Å². The van der Waals surface area contributed by atoms with E-state index in [0.29, 0.717) is 10.0 Å². The van der Waals surface area contributed by atoms with Crippen LogP contribution in [0.15, 0.2) is 18.2 Å². The third-order valence-electron chi connectivity index (χ3n) is 3.16. The van der Waals surface area contributed by atoms with E-state index in [-0.39, 0.29) is 11.9 Å². The van der Waals surface area contributed by atoms with E-state index in [1.807, 2.05) is 21.1 Å². The first kappa shape index (κ1) is 12.7. The number of carbonyl (C=O) groups excluding carboxylic acids is 1. The molecule has 0 bridgehead atoms. The Hall–Kier alpha value is -1.79. The number of rotatable bonds is 3. The summed E-state index contributed by atoms with van der Waals surface area (Å²) in [6.07, 6.45) is 0.758. The lowest BCUT2D eigenvalue weighted by molar-refractivity contribution is -0.905. The van der Waals surface area contributed by atoms with Crippen molar-refractivity contribution in [2.45, 2.75) is 12.2 Å². The number of nitro benzene ring substituents is 1. The van der Waals surface area contributed by atoms with Crippen LogP contribution in [-0.2, 0) is 4.79 Å². The summed E-state index contributed by atoms with van der Waals surface area (Å²) in [6.45, 7) is 0. The Balaban J connectivity index is 2.52. The van der Waals surface area contributed by atoms with Gasteiger partial charge in [-0.2, -0.15) is 0 Å². The third kappa shape index (κ3) is 2.00. The summed E-state index contributed by atoms with van der Waals surface area (Å²) in [7, 11) is 6.03. The number of quaternary nitrogens is 1. The zero-order valence-electron chi connectivity index (χ0n) is 10.6. The van der Waals surface area contributed by atoms with Crippen molar-refractivity contribution in [3.05, 3.63) is 39.4 Å². The van der Waals surface area contributed by atoms with Gasteiger partial charge >= 0.3 is 0 Å². The van der Waals surface area contributed by atoms with E-state index >= 15 is 0 Å². The highest BCUT2D eigenvalue weighted by molar-refractivity contribution is 5.66. The van der Waals surface area contributed by atoms with E-state index in [2.05, 4.69) is 5.32 Å². The second-order valence-electron chi connectivity index (χ2n) is 5.37. The minimum Gasteiger partial charge on any atom is -0.312 e. The number of fused-ring (bicyclic) bond motifs is 1. The highest BCUT2D eigenvalue weighted by Gasteiger charge is 2.38. The molecule has 2 unspecified atom stereocenters. The summed E-state index contributed by atoms with van der Waals surface area (Å²) < 4.78 is 0.606. The fourth-order valence-corrected chi connectivity index (χ4v) is 2.30. The second-order valence-corrected chi connectivity index (χ2v) is 5.37. The molecule has 18 heavy (non-hydrogen) atoms. The molecule has 0 aliphatic carbocycles. The van der Waals surface area contributed by atoms with E-state index in [4.69, 9.17) is 0 Å². The van der Waals surface area contributed by atoms with Crippen molar-refractivity contribution < 1.29 is 14.2 Å². The Labute approximate surface area is 105 Å². The van der Waals surface area contributed by atoms with E-state index in [1.54, 1.807) is 6.07 Å². The molecule has 1 aliphatic rings. The number of nitro groups is 1. The van der Waals surface area contributed by atoms with Crippen LogP contribution < -0.4 is 5.32 Å². The average molecular weight is 250 g/mol. The van der Waals surface area contributed by atoms with E-state index in [1.165, 1.54) is 12.1 Å². The van der Waals surface area contributed by atoms with Gasteiger partial charge < -0.3 is 9.28 Å². The molecule has 0 saturated heterocycles. The molecular weight excluding hydrogens is 234 g/mol. The SMILES string of the molecule is C[N+](C)(C)C1NC(C=O)c2cc([N+](=O)[O-])ccc21. The maximum atomic E-state index is 11.1. The van der Waals surface area contributed by atoms with Crippen LogP contribution >= 0.6 is 0 Å². The first-order chi connectivity index (χ1) is 8.34. The first-order valence-corrected chi connectivity index (χ1v) is 5.65. The Morgan fingerprint density at radius 1 is 1.33 bits per heavy atom. The molecule has 1 heterocycles. The molecule has 96 valence electrons. The number of nitrogens with zero attached hydrogens (tertiary/aromatic N) is 2. The topological polar surface area (TPSA) is 72.2 Å². The summed E-state index contributed by atoms with van der Waals surface area (Å²) in [4.78, 5) is 21.4. The van der Waals surface area contributed by atoms with Crippen LogP contribution in [0.25, 0.3) is 0 Å². The molecule has 1 N–H and O–H groups in total. The number of hydrogen-bond acceptors (Lipinski definition) is 4.